The van der Waals surface area contributed by atoms with Crippen LogP contribution in [0.4, 0.5) is 0 Å². The molecule has 2 heteroatoms. The van der Waals surface area contributed by atoms with Crippen LogP contribution in [0.1, 0.15) is 16.8 Å². The molecule has 0 spiro atoms. The second kappa shape index (κ2) is 4.40. The summed E-state index contributed by atoms with van der Waals surface area (Å²) in [7, 11) is 0. The van der Waals surface area contributed by atoms with Crippen molar-refractivity contribution in [3.8, 4) is 0 Å². The third kappa shape index (κ3) is 2.44. The van der Waals surface area contributed by atoms with E-state index in [0.29, 0.717) is 6.42 Å². The largest absolute Gasteiger partial charge is 0.294 e. The van der Waals surface area contributed by atoms with E-state index in [9.17, 15) is 4.79 Å². The molecule has 0 aliphatic heterocycles. The fourth-order valence-corrected chi connectivity index (χ4v) is 1.45. The van der Waals surface area contributed by atoms with Gasteiger partial charge < -0.3 is 0 Å². The number of Topliss-reactive ketones (excluding diaryl/α,β-unsaturated/α-hetero) is 1. The van der Waals surface area contributed by atoms with Gasteiger partial charge in [0, 0.05) is 15.6 Å². The Morgan fingerprint density at radius 1 is 1.58 bits per heavy atom. The normalized spacial score (nSPS) is 9.42. The molecule has 0 aromatic heterocycles. The molecule has 0 aliphatic rings. The van der Waals surface area contributed by atoms with Gasteiger partial charge in [0.05, 0.1) is 0 Å². The fraction of sp³-hybridized carbons (Fsp3) is 0.100. The van der Waals surface area contributed by atoms with Crippen LogP contribution >= 0.6 is 22.6 Å². The van der Waals surface area contributed by atoms with E-state index < -0.39 is 0 Å². The maximum absolute atomic E-state index is 11.3. The number of carbonyl (C=O) groups excluding carboxylic acids is 1. The Morgan fingerprint density at radius 3 is 2.92 bits per heavy atom. The Balaban J connectivity index is 2.87. The molecular formula is C10H9IO. The molecule has 0 atom stereocenters. The first-order valence-electron chi connectivity index (χ1n) is 3.63. The number of rotatable bonds is 3. The van der Waals surface area contributed by atoms with E-state index in [0.717, 1.165) is 9.13 Å². The lowest BCUT2D eigenvalue weighted by Gasteiger charge is -1.97. The summed E-state index contributed by atoms with van der Waals surface area (Å²) in [5.74, 6) is 0.128. The molecule has 12 heavy (non-hydrogen) atoms. The molecule has 0 amide bonds. The van der Waals surface area contributed by atoms with Gasteiger partial charge in [-0.05, 0) is 34.7 Å². The Morgan fingerprint density at radius 2 is 2.33 bits per heavy atom. The van der Waals surface area contributed by atoms with Crippen molar-refractivity contribution in [2.45, 2.75) is 6.42 Å². The first kappa shape index (κ1) is 9.45. The number of benzene rings is 1. The van der Waals surface area contributed by atoms with Crippen LogP contribution in [0.5, 0.6) is 0 Å². The number of carbonyl (C=O) groups is 1. The minimum Gasteiger partial charge on any atom is -0.294 e. The van der Waals surface area contributed by atoms with Crippen LogP contribution in [0.3, 0.4) is 0 Å². The third-order valence-corrected chi connectivity index (χ3v) is 2.15. The van der Waals surface area contributed by atoms with Gasteiger partial charge in [-0.25, -0.2) is 0 Å². The number of halogens is 1. The van der Waals surface area contributed by atoms with Crippen LogP contribution < -0.4 is 0 Å². The zero-order valence-electron chi connectivity index (χ0n) is 6.59. The summed E-state index contributed by atoms with van der Waals surface area (Å²) in [6.07, 6.45) is 2.04. The predicted molar refractivity (Wildman–Crippen MR) is 58.3 cm³/mol. The van der Waals surface area contributed by atoms with Gasteiger partial charge in [-0.15, -0.1) is 6.58 Å². The Hall–Kier alpha value is -0.640. The average molecular weight is 272 g/mol. The van der Waals surface area contributed by atoms with E-state index in [-0.39, 0.29) is 5.78 Å². The highest BCUT2D eigenvalue weighted by molar-refractivity contribution is 14.1. The molecule has 0 saturated carbocycles. The van der Waals surface area contributed by atoms with Crippen LogP contribution in [0.25, 0.3) is 0 Å². The predicted octanol–water partition coefficient (Wildman–Crippen LogP) is 3.05. The topological polar surface area (TPSA) is 17.1 Å². The highest BCUT2D eigenvalue weighted by Gasteiger charge is 2.02. The summed E-state index contributed by atoms with van der Waals surface area (Å²) >= 11 is 2.19. The van der Waals surface area contributed by atoms with Gasteiger partial charge in [0.1, 0.15) is 0 Å². The minimum atomic E-state index is 0.128. The maximum Gasteiger partial charge on any atom is 0.166 e. The van der Waals surface area contributed by atoms with Crippen molar-refractivity contribution in [1.29, 1.82) is 0 Å². The molecule has 0 saturated heterocycles. The van der Waals surface area contributed by atoms with Gasteiger partial charge in [0.25, 0.3) is 0 Å². The molecule has 0 unspecified atom stereocenters. The van der Waals surface area contributed by atoms with Crippen LogP contribution in [-0.4, -0.2) is 5.78 Å². The van der Waals surface area contributed by atoms with Crippen molar-refractivity contribution in [3.05, 3.63) is 46.1 Å². The second-order valence-electron chi connectivity index (χ2n) is 2.43. The van der Waals surface area contributed by atoms with Gasteiger partial charge in [0.2, 0.25) is 0 Å². The van der Waals surface area contributed by atoms with Crippen LogP contribution in [-0.2, 0) is 0 Å². The van der Waals surface area contributed by atoms with E-state index >= 15 is 0 Å². The zero-order chi connectivity index (χ0) is 8.97. The monoisotopic (exact) mass is 272 g/mol. The van der Waals surface area contributed by atoms with Crippen LogP contribution in [0, 0.1) is 3.57 Å². The van der Waals surface area contributed by atoms with Gasteiger partial charge in [-0.2, -0.15) is 0 Å². The highest BCUT2D eigenvalue weighted by atomic mass is 127. The number of hydrogen-bond acceptors (Lipinski definition) is 1. The summed E-state index contributed by atoms with van der Waals surface area (Å²) in [4.78, 5) is 11.3. The lowest BCUT2D eigenvalue weighted by atomic mass is 10.1. The van der Waals surface area contributed by atoms with Crippen LogP contribution in [0.15, 0.2) is 36.9 Å². The van der Waals surface area contributed by atoms with Crippen molar-refractivity contribution in [2.75, 3.05) is 0 Å². The Labute approximate surface area is 85.6 Å². The van der Waals surface area contributed by atoms with E-state index in [1.165, 1.54) is 0 Å². The van der Waals surface area contributed by atoms with Crippen molar-refractivity contribution in [2.24, 2.45) is 0 Å². The molecule has 62 valence electrons. The molecule has 0 heterocycles. The first-order chi connectivity index (χ1) is 5.74. The van der Waals surface area contributed by atoms with Gasteiger partial charge in [-0.1, -0.05) is 18.2 Å². The molecule has 1 aromatic carbocycles. The lowest BCUT2D eigenvalue weighted by Crippen LogP contribution is -1.96. The fourth-order valence-electron chi connectivity index (χ4n) is 0.911. The molecule has 1 aromatic rings. The zero-order valence-corrected chi connectivity index (χ0v) is 8.74. The van der Waals surface area contributed by atoms with Gasteiger partial charge in [-0.3, -0.25) is 4.79 Å². The average Bonchev–Trinajstić information content (AvgIpc) is 2.05. The summed E-state index contributed by atoms with van der Waals surface area (Å²) in [5, 5.41) is 0. The van der Waals surface area contributed by atoms with E-state index in [4.69, 9.17) is 0 Å². The van der Waals surface area contributed by atoms with Crippen molar-refractivity contribution < 1.29 is 4.79 Å². The summed E-state index contributed by atoms with van der Waals surface area (Å²) in [6.45, 7) is 3.53. The molecular weight excluding hydrogens is 263 g/mol. The summed E-state index contributed by atoms with van der Waals surface area (Å²) in [5.41, 5.74) is 0.766. The first-order valence-corrected chi connectivity index (χ1v) is 4.71. The standard InChI is InChI=1S/C10H9IO/c1-2-4-10(12)8-5-3-6-9(11)7-8/h2-3,5-7H,1,4H2. The highest BCUT2D eigenvalue weighted by Crippen LogP contribution is 2.09. The number of ketones is 1. The quantitative estimate of drug-likeness (QED) is 0.469. The second-order valence-corrected chi connectivity index (χ2v) is 3.67. The van der Waals surface area contributed by atoms with Crippen molar-refractivity contribution >= 4 is 28.4 Å². The molecule has 0 aliphatic carbocycles. The van der Waals surface area contributed by atoms with E-state index in [1.54, 1.807) is 6.08 Å². The molecule has 1 nitrogen and oxygen atoms in total. The Bertz CT molecular complexity index is 304. The molecule has 1 rings (SSSR count). The molecule has 0 fully saturated rings. The van der Waals surface area contributed by atoms with Crippen molar-refractivity contribution in [1.82, 2.24) is 0 Å². The number of hydrogen-bond donors (Lipinski definition) is 0. The van der Waals surface area contributed by atoms with E-state index in [2.05, 4.69) is 29.2 Å². The SMILES string of the molecule is C=CCC(=O)c1cccc(I)c1. The molecule has 0 bridgehead atoms. The lowest BCUT2D eigenvalue weighted by molar-refractivity contribution is 0.0996. The third-order valence-electron chi connectivity index (χ3n) is 1.48. The van der Waals surface area contributed by atoms with Gasteiger partial charge >= 0.3 is 0 Å². The molecule has 0 N–H and O–H groups in total. The van der Waals surface area contributed by atoms with E-state index in [1.807, 2.05) is 24.3 Å². The van der Waals surface area contributed by atoms with Crippen molar-refractivity contribution in [3.63, 3.8) is 0 Å². The smallest absolute Gasteiger partial charge is 0.166 e. The van der Waals surface area contributed by atoms with Gasteiger partial charge in [0.15, 0.2) is 5.78 Å². The summed E-state index contributed by atoms with van der Waals surface area (Å²) in [6, 6.07) is 7.56. The number of allylic oxidation sites excluding steroid dienone is 1. The maximum atomic E-state index is 11.3. The minimum absolute atomic E-state index is 0.128. The summed E-state index contributed by atoms with van der Waals surface area (Å²) < 4.78 is 1.09. The molecule has 0 radical (unpaired) electrons. The Kier molecular flexibility index (Phi) is 3.47. The van der Waals surface area contributed by atoms with Crippen LogP contribution in [0.2, 0.25) is 0 Å².